The maximum atomic E-state index is 12.4. The number of aryl methyl sites for hydroxylation is 1. The van der Waals surface area contributed by atoms with Gasteiger partial charge in [0.05, 0.1) is 12.5 Å². The minimum atomic E-state index is -0.611. The fourth-order valence-electron chi connectivity index (χ4n) is 3.28. The summed E-state index contributed by atoms with van der Waals surface area (Å²) in [6.07, 6.45) is 7.15. The van der Waals surface area contributed by atoms with Gasteiger partial charge in [-0.2, -0.15) is 0 Å². The zero-order valence-corrected chi connectivity index (χ0v) is 13.8. The first-order valence-electron chi connectivity index (χ1n) is 8.47. The molecule has 3 amide bonds. The lowest BCUT2D eigenvalue weighted by Gasteiger charge is -2.22. The lowest BCUT2D eigenvalue weighted by atomic mass is 9.98. The molecule has 0 heterocycles. The highest BCUT2D eigenvalue weighted by molar-refractivity contribution is 5.79. The molecular formula is C18H27N3O2. The molecule has 5 heteroatoms. The highest BCUT2D eigenvalue weighted by atomic mass is 16.2. The number of nitrogens with two attached hydrogens (primary N) is 1. The molecule has 23 heavy (non-hydrogen) atoms. The van der Waals surface area contributed by atoms with Crippen LogP contribution in [0.2, 0.25) is 0 Å². The van der Waals surface area contributed by atoms with Crippen LogP contribution in [0.25, 0.3) is 0 Å². The van der Waals surface area contributed by atoms with E-state index < -0.39 is 6.03 Å². The summed E-state index contributed by atoms with van der Waals surface area (Å²) in [4.78, 5) is 23.7. The Morgan fingerprint density at radius 2 is 1.83 bits per heavy atom. The molecule has 1 aromatic rings. The monoisotopic (exact) mass is 317 g/mol. The third-order valence-electron chi connectivity index (χ3n) is 4.49. The van der Waals surface area contributed by atoms with Gasteiger partial charge in [-0.05, 0) is 30.9 Å². The summed E-state index contributed by atoms with van der Waals surface area (Å²) in [5.74, 6) is -0.0288. The van der Waals surface area contributed by atoms with Crippen molar-refractivity contribution in [1.29, 1.82) is 0 Å². The lowest BCUT2D eigenvalue weighted by Crippen LogP contribution is -2.39. The van der Waals surface area contributed by atoms with E-state index in [2.05, 4.69) is 10.6 Å². The van der Waals surface area contributed by atoms with E-state index in [0.717, 1.165) is 24.0 Å². The van der Waals surface area contributed by atoms with Gasteiger partial charge >= 0.3 is 6.03 Å². The second-order valence-electron chi connectivity index (χ2n) is 6.38. The molecule has 4 N–H and O–H groups in total. The van der Waals surface area contributed by atoms with Crippen molar-refractivity contribution in [3.63, 3.8) is 0 Å². The molecule has 0 aliphatic heterocycles. The standard InChI is InChI=1S/C18H27N3O2/c1-13-8-6-7-11-15(13)16(21-18(19)23)12-17(22)20-14-9-4-2-3-5-10-14/h6-8,11,14,16H,2-5,9-10,12H2,1H3,(H,20,22)(H3,19,21,23). The molecule has 126 valence electrons. The lowest BCUT2D eigenvalue weighted by molar-refractivity contribution is -0.122. The van der Waals surface area contributed by atoms with Gasteiger partial charge in [0.2, 0.25) is 5.91 Å². The molecular weight excluding hydrogens is 290 g/mol. The van der Waals surface area contributed by atoms with E-state index in [0.29, 0.717) is 0 Å². The molecule has 1 unspecified atom stereocenters. The fraction of sp³-hybridized carbons (Fsp3) is 0.556. The Bertz CT molecular complexity index is 537. The van der Waals surface area contributed by atoms with E-state index >= 15 is 0 Å². The molecule has 5 nitrogen and oxygen atoms in total. The summed E-state index contributed by atoms with van der Waals surface area (Å²) in [5, 5.41) is 5.82. The van der Waals surface area contributed by atoms with Gasteiger partial charge in [-0.25, -0.2) is 4.79 Å². The van der Waals surface area contributed by atoms with Gasteiger partial charge < -0.3 is 16.4 Å². The SMILES string of the molecule is Cc1ccccc1C(CC(=O)NC1CCCCCC1)NC(N)=O. The summed E-state index contributed by atoms with van der Waals surface area (Å²) < 4.78 is 0. The van der Waals surface area contributed by atoms with Gasteiger partial charge in [-0.3, -0.25) is 4.79 Å². The van der Waals surface area contributed by atoms with Crippen molar-refractivity contribution in [3.05, 3.63) is 35.4 Å². The minimum absolute atomic E-state index is 0.0288. The molecule has 0 spiro atoms. The number of primary amides is 1. The van der Waals surface area contributed by atoms with Crippen molar-refractivity contribution in [3.8, 4) is 0 Å². The van der Waals surface area contributed by atoms with E-state index in [1.54, 1.807) is 0 Å². The van der Waals surface area contributed by atoms with Crippen LogP contribution in [-0.2, 0) is 4.79 Å². The van der Waals surface area contributed by atoms with Gasteiger partial charge in [-0.15, -0.1) is 0 Å². The van der Waals surface area contributed by atoms with Crippen LogP contribution in [0.5, 0.6) is 0 Å². The van der Waals surface area contributed by atoms with Crippen LogP contribution < -0.4 is 16.4 Å². The Morgan fingerprint density at radius 1 is 1.17 bits per heavy atom. The Morgan fingerprint density at radius 3 is 2.43 bits per heavy atom. The van der Waals surface area contributed by atoms with Crippen LogP contribution in [-0.4, -0.2) is 18.0 Å². The summed E-state index contributed by atoms with van der Waals surface area (Å²) in [6, 6.07) is 6.99. The number of nitrogens with one attached hydrogen (secondary N) is 2. The number of carbonyl (C=O) groups is 2. The number of hydrogen-bond donors (Lipinski definition) is 3. The van der Waals surface area contributed by atoms with Crippen molar-refractivity contribution in [2.75, 3.05) is 0 Å². The molecule has 0 radical (unpaired) electrons. The molecule has 0 aromatic heterocycles. The number of hydrogen-bond acceptors (Lipinski definition) is 2. The average molecular weight is 317 g/mol. The molecule has 1 aromatic carbocycles. The third kappa shape index (κ3) is 5.58. The molecule has 0 bridgehead atoms. The molecule has 1 atom stereocenters. The molecule has 1 aliphatic carbocycles. The number of amides is 3. The van der Waals surface area contributed by atoms with Crippen LogP contribution in [0.1, 0.15) is 62.1 Å². The number of carbonyl (C=O) groups excluding carboxylic acids is 2. The van der Waals surface area contributed by atoms with Crippen LogP contribution in [0, 0.1) is 6.92 Å². The zero-order valence-electron chi connectivity index (χ0n) is 13.8. The molecule has 1 fully saturated rings. The normalized spacial score (nSPS) is 17.1. The van der Waals surface area contributed by atoms with Gasteiger partial charge in [0.1, 0.15) is 0 Å². The highest BCUT2D eigenvalue weighted by Gasteiger charge is 2.21. The Balaban J connectivity index is 2.00. The van der Waals surface area contributed by atoms with Crippen molar-refractivity contribution < 1.29 is 9.59 Å². The van der Waals surface area contributed by atoms with E-state index in [4.69, 9.17) is 5.73 Å². The summed E-state index contributed by atoms with van der Waals surface area (Å²) in [7, 11) is 0. The quantitative estimate of drug-likeness (QED) is 0.729. The highest BCUT2D eigenvalue weighted by Crippen LogP contribution is 2.22. The Kier molecular flexibility index (Phi) is 6.44. The first-order chi connectivity index (χ1) is 11.1. The van der Waals surface area contributed by atoms with Crippen molar-refractivity contribution in [2.24, 2.45) is 5.73 Å². The number of benzene rings is 1. The first kappa shape index (κ1) is 17.3. The van der Waals surface area contributed by atoms with Gasteiger partial charge in [0.25, 0.3) is 0 Å². The molecule has 1 saturated carbocycles. The van der Waals surface area contributed by atoms with Crippen LogP contribution in [0.4, 0.5) is 4.79 Å². The number of urea groups is 1. The van der Waals surface area contributed by atoms with Crippen molar-refractivity contribution in [2.45, 2.75) is 64.0 Å². The van der Waals surface area contributed by atoms with Gasteiger partial charge in [0, 0.05) is 6.04 Å². The second-order valence-corrected chi connectivity index (χ2v) is 6.38. The summed E-state index contributed by atoms with van der Waals surface area (Å²) >= 11 is 0. The van der Waals surface area contributed by atoms with E-state index in [1.165, 1.54) is 25.7 Å². The largest absolute Gasteiger partial charge is 0.353 e. The van der Waals surface area contributed by atoms with Gasteiger partial charge in [-0.1, -0.05) is 49.9 Å². The van der Waals surface area contributed by atoms with E-state index in [1.807, 2.05) is 31.2 Å². The van der Waals surface area contributed by atoms with Crippen molar-refractivity contribution in [1.82, 2.24) is 10.6 Å². The maximum absolute atomic E-state index is 12.4. The Hall–Kier alpha value is -2.04. The van der Waals surface area contributed by atoms with Crippen LogP contribution >= 0.6 is 0 Å². The zero-order chi connectivity index (χ0) is 16.7. The predicted molar refractivity (Wildman–Crippen MR) is 90.9 cm³/mol. The predicted octanol–water partition coefficient (Wildman–Crippen LogP) is 2.93. The summed E-state index contributed by atoms with van der Waals surface area (Å²) in [6.45, 7) is 1.97. The maximum Gasteiger partial charge on any atom is 0.312 e. The third-order valence-corrected chi connectivity index (χ3v) is 4.49. The molecule has 1 aliphatic rings. The molecule has 2 rings (SSSR count). The van der Waals surface area contributed by atoms with E-state index in [-0.39, 0.29) is 24.4 Å². The topological polar surface area (TPSA) is 84.2 Å². The molecule has 0 saturated heterocycles. The first-order valence-corrected chi connectivity index (χ1v) is 8.47. The smallest absolute Gasteiger partial charge is 0.312 e. The Labute approximate surface area is 138 Å². The van der Waals surface area contributed by atoms with Gasteiger partial charge in [0.15, 0.2) is 0 Å². The number of rotatable bonds is 5. The second kappa shape index (κ2) is 8.56. The average Bonchev–Trinajstić information content (AvgIpc) is 2.75. The minimum Gasteiger partial charge on any atom is -0.353 e. The van der Waals surface area contributed by atoms with E-state index in [9.17, 15) is 9.59 Å². The van der Waals surface area contributed by atoms with Crippen LogP contribution in [0.15, 0.2) is 24.3 Å². The summed E-state index contributed by atoms with van der Waals surface area (Å²) in [5.41, 5.74) is 7.25. The van der Waals surface area contributed by atoms with Crippen LogP contribution in [0.3, 0.4) is 0 Å². The van der Waals surface area contributed by atoms with Crippen molar-refractivity contribution >= 4 is 11.9 Å². The fourth-order valence-corrected chi connectivity index (χ4v) is 3.28.